The summed E-state index contributed by atoms with van der Waals surface area (Å²) in [5.74, 6) is -0.712. The van der Waals surface area contributed by atoms with Crippen LogP contribution in [0.4, 0.5) is 4.39 Å². The summed E-state index contributed by atoms with van der Waals surface area (Å²) in [4.78, 5) is 13.4. The lowest BCUT2D eigenvalue weighted by atomic mass is 9.98. The van der Waals surface area contributed by atoms with E-state index < -0.39 is 20.8 Å². The number of halogens is 2. The Bertz CT molecular complexity index is 625. The van der Waals surface area contributed by atoms with Gasteiger partial charge in [0.2, 0.25) is 0 Å². The van der Waals surface area contributed by atoms with Crippen LogP contribution in [-0.2, 0) is 9.05 Å². The molecule has 1 heterocycles. The highest BCUT2D eigenvalue weighted by Gasteiger charge is 2.24. The number of rotatable bonds is 2. The van der Waals surface area contributed by atoms with Crippen LogP contribution in [0, 0.1) is 11.7 Å². The van der Waals surface area contributed by atoms with Crippen molar-refractivity contribution in [2.24, 2.45) is 5.92 Å². The van der Waals surface area contributed by atoms with Crippen LogP contribution in [0.15, 0.2) is 23.1 Å². The molecule has 1 aliphatic heterocycles. The molecule has 2 rings (SSSR count). The van der Waals surface area contributed by atoms with Gasteiger partial charge in [-0.3, -0.25) is 4.79 Å². The maximum atomic E-state index is 13.9. The molecule has 20 heavy (non-hydrogen) atoms. The number of nitrogens with zero attached hydrogens (tertiary/aromatic N) is 1. The van der Waals surface area contributed by atoms with E-state index in [-0.39, 0.29) is 10.5 Å². The Morgan fingerprint density at radius 1 is 1.35 bits per heavy atom. The second-order valence-electron chi connectivity index (χ2n) is 5.05. The number of benzene rings is 1. The molecule has 0 aromatic heterocycles. The first-order chi connectivity index (χ1) is 9.29. The fourth-order valence-electron chi connectivity index (χ4n) is 2.20. The summed E-state index contributed by atoms with van der Waals surface area (Å²) in [5, 5.41) is 0. The highest BCUT2D eigenvalue weighted by Crippen LogP contribution is 2.22. The third-order valence-corrected chi connectivity index (χ3v) is 4.87. The average Bonchev–Trinajstić information content (AvgIpc) is 2.37. The molecule has 1 fully saturated rings. The highest BCUT2D eigenvalue weighted by molar-refractivity contribution is 8.13. The summed E-state index contributed by atoms with van der Waals surface area (Å²) in [7, 11) is 1.14. The van der Waals surface area contributed by atoms with E-state index >= 15 is 0 Å². The number of piperidine rings is 1. The zero-order valence-electron chi connectivity index (χ0n) is 11.0. The van der Waals surface area contributed by atoms with Gasteiger partial charge in [0.15, 0.2) is 0 Å². The van der Waals surface area contributed by atoms with E-state index in [9.17, 15) is 17.6 Å². The summed E-state index contributed by atoms with van der Waals surface area (Å²) in [6.45, 7) is 3.30. The van der Waals surface area contributed by atoms with E-state index in [2.05, 4.69) is 6.92 Å². The molecule has 0 spiro atoms. The number of hydrogen-bond acceptors (Lipinski definition) is 3. The zero-order valence-corrected chi connectivity index (χ0v) is 12.5. The zero-order chi connectivity index (χ0) is 14.9. The molecule has 4 nitrogen and oxygen atoms in total. The second kappa shape index (κ2) is 5.69. The second-order valence-corrected chi connectivity index (χ2v) is 7.62. The number of amides is 1. The van der Waals surface area contributed by atoms with Gasteiger partial charge in [-0.1, -0.05) is 6.92 Å². The van der Waals surface area contributed by atoms with Crippen LogP contribution >= 0.6 is 10.7 Å². The van der Waals surface area contributed by atoms with Gasteiger partial charge in [-0.25, -0.2) is 12.8 Å². The number of carbonyl (C=O) groups is 1. The Morgan fingerprint density at radius 2 is 1.95 bits per heavy atom. The van der Waals surface area contributed by atoms with Crippen molar-refractivity contribution in [3.8, 4) is 0 Å². The predicted molar refractivity (Wildman–Crippen MR) is 73.7 cm³/mol. The van der Waals surface area contributed by atoms with Crippen LogP contribution in [0.2, 0.25) is 0 Å². The van der Waals surface area contributed by atoms with Crippen molar-refractivity contribution in [1.29, 1.82) is 0 Å². The minimum Gasteiger partial charge on any atom is -0.339 e. The van der Waals surface area contributed by atoms with Gasteiger partial charge in [-0.05, 0) is 37.0 Å². The van der Waals surface area contributed by atoms with E-state index in [1.54, 1.807) is 4.90 Å². The summed E-state index contributed by atoms with van der Waals surface area (Å²) >= 11 is 0. The van der Waals surface area contributed by atoms with E-state index in [1.807, 2.05) is 0 Å². The first kappa shape index (κ1) is 15.3. The van der Waals surface area contributed by atoms with E-state index in [4.69, 9.17) is 10.7 Å². The number of carbonyl (C=O) groups excluding carboxylic acids is 1. The minimum atomic E-state index is -3.99. The molecule has 0 saturated carbocycles. The summed E-state index contributed by atoms with van der Waals surface area (Å²) in [6, 6.07) is 3.10. The first-order valence-corrected chi connectivity index (χ1v) is 8.63. The summed E-state index contributed by atoms with van der Waals surface area (Å²) in [6.07, 6.45) is 1.78. The van der Waals surface area contributed by atoms with E-state index in [1.165, 1.54) is 6.07 Å². The molecule has 7 heteroatoms. The Kier molecular flexibility index (Phi) is 4.34. The Hall–Kier alpha value is -1.14. The van der Waals surface area contributed by atoms with Gasteiger partial charge < -0.3 is 4.90 Å². The van der Waals surface area contributed by atoms with Gasteiger partial charge in [-0.15, -0.1) is 0 Å². The molecule has 0 unspecified atom stereocenters. The van der Waals surface area contributed by atoms with Gasteiger partial charge in [0, 0.05) is 23.8 Å². The molecular weight excluding hydrogens is 305 g/mol. The minimum absolute atomic E-state index is 0.122. The quantitative estimate of drug-likeness (QED) is 0.787. The normalized spacial score (nSPS) is 17.2. The fraction of sp³-hybridized carbons (Fsp3) is 0.462. The van der Waals surface area contributed by atoms with Gasteiger partial charge in [0.1, 0.15) is 5.82 Å². The monoisotopic (exact) mass is 319 g/mol. The number of hydrogen-bond donors (Lipinski definition) is 0. The van der Waals surface area contributed by atoms with Crippen molar-refractivity contribution in [3.63, 3.8) is 0 Å². The van der Waals surface area contributed by atoms with Crippen LogP contribution in [0.25, 0.3) is 0 Å². The third-order valence-electron chi connectivity index (χ3n) is 3.52. The van der Waals surface area contributed by atoms with Crippen molar-refractivity contribution in [1.82, 2.24) is 4.90 Å². The standard InChI is InChI=1S/C13H15ClFNO3S/c1-9-4-6-16(7-5-9)13(17)11-3-2-10(8-12(11)15)20(14,18)19/h2-3,8-9H,4-7H2,1H3. The maximum absolute atomic E-state index is 13.9. The van der Waals surface area contributed by atoms with Gasteiger partial charge in [0.05, 0.1) is 10.5 Å². The lowest BCUT2D eigenvalue weighted by Gasteiger charge is -2.30. The third kappa shape index (κ3) is 3.30. The summed E-state index contributed by atoms with van der Waals surface area (Å²) in [5.41, 5.74) is -0.122. The molecular formula is C13H15ClFNO3S. The summed E-state index contributed by atoms with van der Waals surface area (Å²) < 4.78 is 36.1. The molecule has 1 aromatic carbocycles. The molecule has 0 aliphatic carbocycles. The first-order valence-electron chi connectivity index (χ1n) is 6.32. The Morgan fingerprint density at radius 3 is 2.45 bits per heavy atom. The molecule has 110 valence electrons. The lowest BCUT2D eigenvalue weighted by Crippen LogP contribution is -2.38. The van der Waals surface area contributed by atoms with Crippen molar-refractivity contribution in [2.75, 3.05) is 13.1 Å². The Balaban J connectivity index is 2.23. The van der Waals surface area contributed by atoms with Crippen molar-refractivity contribution in [3.05, 3.63) is 29.6 Å². The molecule has 0 bridgehead atoms. The van der Waals surface area contributed by atoms with Gasteiger partial charge in [-0.2, -0.15) is 0 Å². The molecule has 0 atom stereocenters. The maximum Gasteiger partial charge on any atom is 0.261 e. The van der Waals surface area contributed by atoms with Gasteiger partial charge in [0.25, 0.3) is 15.0 Å². The molecule has 1 amide bonds. The number of likely N-dealkylation sites (tertiary alicyclic amines) is 1. The molecule has 1 saturated heterocycles. The molecule has 0 radical (unpaired) electrons. The average molecular weight is 320 g/mol. The predicted octanol–water partition coefficient (Wildman–Crippen LogP) is 2.63. The lowest BCUT2D eigenvalue weighted by molar-refractivity contribution is 0.0692. The van der Waals surface area contributed by atoms with Crippen LogP contribution in [-0.4, -0.2) is 32.3 Å². The van der Waals surface area contributed by atoms with Crippen LogP contribution < -0.4 is 0 Å². The fourth-order valence-corrected chi connectivity index (χ4v) is 2.97. The van der Waals surface area contributed by atoms with Crippen LogP contribution in [0.1, 0.15) is 30.1 Å². The Labute approximate surface area is 121 Å². The smallest absolute Gasteiger partial charge is 0.261 e. The molecule has 1 aromatic rings. The van der Waals surface area contributed by atoms with Gasteiger partial charge >= 0.3 is 0 Å². The van der Waals surface area contributed by atoms with Crippen LogP contribution in [0.3, 0.4) is 0 Å². The SMILES string of the molecule is CC1CCN(C(=O)c2ccc(S(=O)(=O)Cl)cc2F)CC1. The molecule has 0 N–H and O–H groups in total. The highest BCUT2D eigenvalue weighted by atomic mass is 35.7. The van der Waals surface area contributed by atoms with E-state index in [0.29, 0.717) is 19.0 Å². The van der Waals surface area contributed by atoms with Crippen molar-refractivity contribution >= 4 is 25.6 Å². The molecule has 1 aliphatic rings. The van der Waals surface area contributed by atoms with Crippen LogP contribution in [0.5, 0.6) is 0 Å². The topological polar surface area (TPSA) is 54.5 Å². The van der Waals surface area contributed by atoms with Crippen molar-refractivity contribution < 1.29 is 17.6 Å². The van der Waals surface area contributed by atoms with Crippen molar-refractivity contribution in [2.45, 2.75) is 24.7 Å². The largest absolute Gasteiger partial charge is 0.339 e. The van der Waals surface area contributed by atoms with E-state index in [0.717, 1.165) is 25.0 Å².